The Morgan fingerprint density at radius 2 is 2.21 bits per heavy atom. The molecule has 0 saturated carbocycles. The van der Waals surface area contributed by atoms with Crippen LogP contribution in [0.3, 0.4) is 0 Å². The molecule has 2 aromatic rings. The maximum Gasteiger partial charge on any atom is 0.124 e. The van der Waals surface area contributed by atoms with Crippen LogP contribution in [0.4, 0.5) is 10.1 Å². The zero-order chi connectivity index (χ0) is 14.0. The number of aryl methyl sites for hydroxylation is 2. The molecule has 102 valence electrons. The molecule has 1 heterocycles. The second-order valence-corrected chi connectivity index (χ2v) is 5.68. The van der Waals surface area contributed by atoms with Crippen LogP contribution in [0.5, 0.6) is 0 Å². The molecule has 6 heteroatoms. The molecule has 2 rings (SSSR count). The SMILES string of the molecule is CCn1nc(C)c(Cl)c1CNc1ccc(F)cc1I. The van der Waals surface area contributed by atoms with E-state index in [0.29, 0.717) is 11.6 Å². The van der Waals surface area contributed by atoms with Gasteiger partial charge in [-0.2, -0.15) is 5.10 Å². The van der Waals surface area contributed by atoms with Crippen LogP contribution in [0.2, 0.25) is 5.02 Å². The number of hydrogen-bond donors (Lipinski definition) is 1. The second-order valence-electron chi connectivity index (χ2n) is 4.14. The van der Waals surface area contributed by atoms with E-state index in [2.05, 4.69) is 33.0 Å². The predicted octanol–water partition coefficient (Wildman–Crippen LogP) is 4.22. The van der Waals surface area contributed by atoms with Crippen molar-refractivity contribution in [1.29, 1.82) is 0 Å². The Hall–Kier alpha value is -0.820. The molecule has 0 atom stereocenters. The fraction of sp³-hybridized carbons (Fsp3) is 0.308. The third kappa shape index (κ3) is 3.20. The Bertz CT molecular complexity index is 598. The number of rotatable bonds is 4. The minimum atomic E-state index is -0.234. The number of benzene rings is 1. The van der Waals surface area contributed by atoms with Crippen molar-refractivity contribution in [3.8, 4) is 0 Å². The minimum absolute atomic E-state index is 0.234. The zero-order valence-electron chi connectivity index (χ0n) is 10.7. The maximum atomic E-state index is 13.0. The van der Waals surface area contributed by atoms with Gasteiger partial charge in [-0.3, -0.25) is 4.68 Å². The third-order valence-electron chi connectivity index (χ3n) is 2.83. The Morgan fingerprint density at radius 1 is 1.47 bits per heavy atom. The quantitative estimate of drug-likeness (QED) is 0.788. The summed E-state index contributed by atoms with van der Waals surface area (Å²) in [5.74, 6) is -0.234. The summed E-state index contributed by atoms with van der Waals surface area (Å²) in [5.41, 5.74) is 2.66. The normalized spacial score (nSPS) is 10.8. The van der Waals surface area contributed by atoms with Crippen LogP contribution >= 0.6 is 34.2 Å². The number of halogens is 3. The van der Waals surface area contributed by atoms with E-state index in [1.165, 1.54) is 12.1 Å². The van der Waals surface area contributed by atoms with Gasteiger partial charge >= 0.3 is 0 Å². The Morgan fingerprint density at radius 3 is 2.84 bits per heavy atom. The summed E-state index contributed by atoms with van der Waals surface area (Å²) in [4.78, 5) is 0. The average Bonchev–Trinajstić information content (AvgIpc) is 2.65. The number of nitrogens with zero attached hydrogens (tertiary/aromatic N) is 2. The van der Waals surface area contributed by atoms with Gasteiger partial charge in [0.25, 0.3) is 0 Å². The predicted molar refractivity (Wildman–Crippen MR) is 84.1 cm³/mol. The lowest BCUT2D eigenvalue weighted by Gasteiger charge is -2.10. The molecule has 0 radical (unpaired) electrons. The summed E-state index contributed by atoms with van der Waals surface area (Å²) in [7, 11) is 0. The summed E-state index contributed by atoms with van der Waals surface area (Å²) in [6.07, 6.45) is 0. The van der Waals surface area contributed by atoms with Crippen LogP contribution in [0.1, 0.15) is 18.3 Å². The fourth-order valence-corrected chi connectivity index (χ4v) is 2.72. The molecule has 0 aliphatic carbocycles. The van der Waals surface area contributed by atoms with Gasteiger partial charge in [0.05, 0.1) is 23.0 Å². The molecule has 0 unspecified atom stereocenters. The van der Waals surface area contributed by atoms with E-state index in [-0.39, 0.29) is 5.82 Å². The van der Waals surface area contributed by atoms with Gasteiger partial charge in [0.1, 0.15) is 5.82 Å². The minimum Gasteiger partial charge on any atom is -0.378 e. The number of anilines is 1. The summed E-state index contributed by atoms with van der Waals surface area (Å²) in [6.45, 7) is 5.24. The standard InChI is InChI=1S/C13H14ClFIN3/c1-3-19-12(13(14)8(2)18-19)7-17-11-5-4-9(15)6-10(11)16/h4-6,17H,3,7H2,1-2H3. The van der Waals surface area contributed by atoms with E-state index in [9.17, 15) is 4.39 Å². The monoisotopic (exact) mass is 393 g/mol. The Kier molecular flexibility index (Phi) is 4.67. The largest absolute Gasteiger partial charge is 0.378 e. The smallest absolute Gasteiger partial charge is 0.124 e. The van der Waals surface area contributed by atoms with Crippen LogP contribution < -0.4 is 5.32 Å². The molecule has 1 aromatic carbocycles. The van der Waals surface area contributed by atoms with E-state index in [1.54, 1.807) is 6.07 Å². The van der Waals surface area contributed by atoms with E-state index in [4.69, 9.17) is 11.6 Å². The van der Waals surface area contributed by atoms with Gasteiger partial charge in [0.15, 0.2) is 0 Å². The molecule has 19 heavy (non-hydrogen) atoms. The van der Waals surface area contributed by atoms with E-state index < -0.39 is 0 Å². The molecule has 1 aromatic heterocycles. The van der Waals surface area contributed by atoms with Gasteiger partial charge < -0.3 is 5.32 Å². The molecule has 0 saturated heterocycles. The van der Waals surface area contributed by atoms with Crippen molar-refractivity contribution in [2.45, 2.75) is 26.9 Å². The summed E-state index contributed by atoms with van der Waals surface area (Å²) < 4.78 is 15.7. The Balaban J connectivity index is 2.18. The number of aromatic nitrogens is 2. The van der Waals surface area contributed by atoms with Crippen LogP contribution in [0.25, 0.3) is 0 Å². The zero-order valence-corrected chi connectivity index (χ0v) is 13.6. The van der Waals surface area contributed by atoms with E-state index in [1.807, 2.05) is 18.5 Å². The third-order valence-corrected chi connectivity index (χ3v) is 4.21. The lowest BCUT2D eigenvalue weighted by Crippen LogP contribution is -2.09. The number of nitrogens with one attached hydrogen (secondary N) is 1. The van der Waals surface area contributed by atoms with Gasteiger partial charge in [-0.1, -0.05) is 11.6 Å². The van der Waals surface area contributed by atoms with Crippen molar-refractivity contribution in [2.75, 3.05) is 5.32 Å². The first kappa shape index (κ1) is 14.6. The average molecular weight is 394 g/mol. The van der Waals surface area contributed by atoms with Crippen molar-refractivity contribution < 1.29 is 4.39 Å². The van der Waals surface area contributed by atoms with Crippen molar-refractivity contribution in [3.05, 3.63) is 44.0 Å². The molecule has 3 nitrogen and oxygen atoms in total. The number of hydrogen-bond acceptors (Lipinski definition) is 2. The van der Waals surface area contributed by atoms with Crippen molar-refractivity contribution >= 4 is 39.9 Å². The summed E-state index contributed by atoms with van der Waals surface area (Å²) >= 11 is 8.34. The highest BCUT2D eigenvalue weighted by Gasteiger charge is 2.12. The van der Waals surface area contributed by atoms with Crippen LogP contribution in [-0.4, -0.2) is 9.78 Å². The fourth-order valence-electron chi connectivity index (χ4n) is 1.85. The first-order chi connectivity index (χ1) is 9.02. The topological polar surface area (TPSA) is 29.9 Å². The summed E-state index contributed by atoms with van der Waals surface area (Å²) in [6, 6.07) is 4.66. The molecule has 0 fully saturated rings. The van der Waals surface area contributed by atoms with Crippen LogP contribution in [0.15, 0.2) is 18.2 Å². The molecular formula is C13H14ClFIN3. The van der Waals surface area contributed by atoms with Crippen LogP contribution in [-0.2, 0) is 13.1 Å². The van der Waals surface area contributed by atoms with Crippen molar-refractivity contribution in [1.82, 2.24) is 9.78 Å². The van der Waals surface area contributed by atoms with Crippen molar-refractivity contribution in [2.24, 2.45) is 0 Å². The molecule has 0 aliphatic rings. The molecular weight excluding hydrogens is 380 g/mol. The molecule has 0 bridgehead atoms. The highest BCUT2D eigenvalue weighted by molar-refractivity contribution is 14.1. The van der Waals surface area contributed by atoms with Gasteiger partial charge in [-0.25, -0.2) is 4.39 Å². The highest BCUT2D eigenvalue weighted by Crippen LogP contribution is 2.23. The summed E-state index contributed by atoms with van der Waals surface area (Å²) in [5, 5.41) is 8.31. The Labute approximate surface area is 130 Å². The van der Waals surface area contributed by atoms with Gasteiger partial charge in [-0.05, 0) is 54.6 Å². The highest BCUT2D eigenvalue weighted by atomic mass is 127. The molecule has 0 amide bonds. The lowest BCUT2D eigenvalue weighted by atomic mass is 10.3. The lowest BCUT2D eigenvalue weighted by molar-refractivity contribution is 0.622. The van der Waals surface area contributed by atoms with Gasteiger partial charge in [0.2, 0.25) is 0 Å². The van der Waals surface area contributed by atoms with Crippen LogP contribution in [0, 0.1) is 16.3 Å². The first-order valence-corrected chi connectivity index (χ1v) is 7.39. The molecule has 0 spiro atoms. The second kappa shape index (κ2) is 6.09. The van der Waals surface area contributed by atoms with Crippen molar-refractivity contribution in [3.63, 3.8) is 0 Å². The maximum absolute atomic E-state index is 13.0. The molecule has 0 aliphatic heterocycles. The van der Waals surface area contributed by atoms with Gasteiger partial charge in [-0.15, -0.1) is 0 Å². The van der Waals surface area contributed by atoms with E-state index >= 15 is 0 Å². The molecule has 1 N–H and O–H groups in total. The van der Waals surface area contributed by atoms with E-state index in [0.717, 1.165) is 27.2 Å². The first-order valence-electron chi connectivity index (χ1n) is 5.93. The van der Waals surface area contributed by atoms with Gasteiger partial charge in [0, 0.05) is 15.8 Å².